The molecule has 0 aliphatic heterocycles. The second-order valence-corrected chi connectivity index (χ2v) is 10.6. The molecular weight excluding hydrogens is 496 g/mol. The summed E-state index contributed by atoms with van der Waals surface area (Å²) in [5.41, 5.74) is 4.54. The average molecular weight is 537 g/mol. The smallest absolute Gasteiger partial charge is 0.118 e. The van der Waals surface area contributed by atoms with Gasteiger partial charge in [0.25, 0.3) is 0 Å². The van der Waals surface area contributed by atoms with Crippen LogP contribution in [0.15, 0.2) is 97.3 Å². The van der Waals surface area contributed by atoms with Crippen LogP contribution in [0.1, 0.15) is 60.3 Å². The molecule has 0 radical (unpaired) electrons. The van der Waals surface area contributed by atoms with Crippen LogP contribution in [0.4, 0.5) is 0 Å². The third-order valence-corrected chi connectivity index (χ3v) is 8.35. The van der Waals surface area contributed by atoms with E-state index >= 15 is 0 Å². The molecule has 1 aliphatic carbocycles. The summed E-state index contributed by atoms with van der Waals surface area (Å²) >= 11 is 0. The van der Waals surface area contributed by atoms with Crippen molar-refractivity contribution < 1.29 is 9.47 Å². The van der Waals surface area contributed by atoms with Gasteiger partial charge in [0.2, 0.25) is 0 Å². The van der Waals surface area contributed by atoms with Crippen LogP contribution in [-0.4, -0.2) is 60.2 Å². The van der Waals surface area contributed by atoms with Crippen LogP contribution >= 0.6 is 0 Å². The minimum Gasteiger partial charge on any atom is -0.497 e. The predicted molar refractivity (Wildman–Crippen MR) is 160 cm³/mol. The second kappa shape index (κ2) is 13.1. The van der Waals surface area contributed by atoms with Gasteiger partial charge >= 0.3 is 0 Å². The largest absolute Gasteiger partial charge is 0.497 e. The number of rotatable bonds is 10. The fourth-order valence-corrected chi connectivity index (χ4v) is 6.30. The van der Waals surface area contributed by atoms with Gasteiger partial charge in [-0.05, 0) is 86.6 Å². The second-order valence-electron chi connectivity index (χ2n) is 10.6. The van der Waals surface area contributed by atoms with Crippen molar-refractivity contribution in [2.45, 2.75) is 49.9 Å². The van der Waals surface area contributed by atoms with Gasteiger partial charge in [0.1, 0.15) is 11.5 Å². The molecule has 208 valence electrons. The zero-order valence-electron chi connectivity index (χ0n) is 24.0. The molecule has 1 fully saturated rings. The maximum Gasteiger partial charge on any atom is 0.118 e. The topological polar surface area (TPSA) is 50.7 Å². The van der Waals surface area contributed by atoms with Gasteiger partial charge < -0.3 is 9.47 Å². The number of ether oxygens (including phenoxy) is 2. The van der Waals surface area contributed by atoms with Crippen LogP contribution in [0.25, 0.3) is 0 Å². The van der Waals surface area contributed by atoms with Gasteiger partial charge in [-0.3, -0.25) is 19.8 Å². The van der Waals surface area contributed by atoms with E-state index in [1.165, 1.54) is 24.0 Å². The molecule has 6 heteroatoms. The van der Waals surface area contributed by atoms with Gasteiger partial charge in [0, 0.05) is 24.5 Å². The summed E-state index contributed by atoms with van der Waals surface area (Å²) in [6, 6.07) is 30.0. The highest BCUT2D eigenvalue weighted by atomic mass is 16.5. The van der Waals surface area contributed by atoms with Crippen molar-refractivity contribution in [2.75, 3.05) is 28.3 Å². The van der Waals surface area contributed by atoms with E-state index in [1.54, 1.807) is 14.2 Å². The van der Waals surface area contributed by atoms with Gasteiger partial charge in [-0.1, -0.05) is 49.2 Å². The van der Waals surface area contributed by atoms with E-state index in [0.717, 1.165) is 35.7 Å². The van der Waals surface area contributed by atoms with Gasteiger partial charge in [-0.15, -0.1) is 0 Å². The molecule has 2 heterocycles. The lowest BCUT2D eigenvalue weighted by Crippen LogP contribution is -2.53. The molecule has 2 aromatic heterocycles. The maximum absolute atomic E-state index is 5.46. The Balaban J connectivity index is 1.51. The van der Waals surface area contributed by atoms with E-state index in [-0.39, 0.29) is 12.1 Å². The number of likely N-dealkylation sites (N-methyl/N-ethyl adjacent to an activating group) is 2. The molecule has 0 unspecified atom stereocenters. The lowest BCUT2D eigenvalue weighted by molar-refractivity contribution is 0.0449. The number of nitrogens with zero attached hydrogens (tertiary/aromatic N) is 4. The Morgan fingerprint density at radius 1 is 0.600 bits per heavy atom. The quantitative estimate of drug-likeness (QED) is 0.229. The van der Waals surface area contributed by atoms with Gasteiger partial charge in [-0.25, -0.2) is 0 Å². The van der Waals surface area contributed by atoms with E-state index in [9.17, 15) is 0 Å². The van der Waals surface area contributed by atoms with Crippen molar-refractivity contribution in [3.63, 3.8) is 0 Å². The molecular formula is C34H40N4O2. The Morgan fingerprint density at radius 3 is 1.32 bits per heavy atom. The minimum atomic E-state index is 0.0281. The van der Waals surface area contributed by atoms with E-state index in [4.69, 9.17) is 19.4 Å². The summed E-state index contributed by atoms with van der Waals surface area (Å²) in [4.78, 5) is 14.7. The number of pyridine rings is 2. The van der Waals surface area contributed by atoms with Crippen LogP contribution in [0.2, 0.25) is 0 Å². The summed E-state index contributed by atoms with van der Waals surface area (Å²) in [5, 5.41) is 0. The van der Waals surface area contributed by atoms with E-state index < -0.39 is 0 Å². The molecule has 4 aromatic rings. The molecule has 0 saturated heterocycles. The number of hydrogen-bond donors (Lipinski definition) is 0. The highest BCUT2D eigenvalue weighted by molar-refractivity contribution is 5.35. The number of benzene rings is 2. The van der Waals surface area contributed by atoms with E-state index in [1.807, 2.05) is 48.8 Å². The molecule has 6 nitrogen and oxygen atoms in total. The Hall–Kier alpha value is -3.74. The normalized spacial score (nSPS) is 18.9. The fourth-order valence-electron chi connectivity index (χ4n) is 6.30. The standard InChI is InChI=1S/C34H40N4O2/c1-37(33(29-11-7-9-23-35-29)25-15-19-27(39-3)20-16-25)31-13-5-6-14-32(31)38(2)34(30-12-8-10-24-36-30)26-17-21-28(40-4)22-18-26/h7-12,15-24,31-34H,5-6,13-14H2,1-4H3/t31-,32-,33-,34-/m1/s1. The Bertz CT molecular complexity index is 1210. The number of hydrogen-bond acceptors (Lipinski definition) is 6. The summed E-state index contributed by atoms with van der Waals surface area (Å²) in [7, 11) is 7.95. The first-order chi connectivity index (χ1) is 19.6. The zero-order chi connectivity index (χ0) is 27.9. The SMILES string of the molecule is COc1ccc([C@H](c2ccccn2)N(C)[C@@H]2CCCC[C@H]2N(C)[C@H](c2ccc(OC)cc2)c2ccccn2)cc1. The van der Waals surface area contributed by atoms with Crippen molar-refractivity contribution in [3.05, 3.63) is 120 Å². The molecule has 4 atom stereocenters. The number of aromatic nitrogens is 2. The highest BCUT2D eigenvalue weighted by Gasteiger charge is 2.38. The maximum atomic E-state index is 5.46. The molecule has 0 bridgehead atoms. The first-order valence-electron chi connectivity index (χ1n) is 14.1. The van der Waals surface area contributed by atoms with Crippen molar-refractivity contribution in [2.24, 2.45) is 0 Å². The lowest BCUT2D eigenvalue weighted by Gasteiger charge is -2.47. The van der Waals surface area contributed by atoms with Gasteiger partial charge in [-0.2, -0.15) is 0 Å². The average Bonchev–Trinajstić information content (AvgIpc) is 3.03. The van der Waals surface area contributed by atoms with Crippen molar-refractivity contribution in [3.8, 4) is 11.5 Å². The Kier molecular flexibility index (Phi) is 9.09. The molecule has 1 aliphatic rings. The molecule has 5 rings (SSSR count). The summed E-state index contributed by atoms with van der Waals surface area (Å²) in [5.74, 6) is 1.72. The van der Waals surface area contributed by atoms with Crippen LogP contribution < -0.4 is 9.47 Å². The number of methoxy groups -OCH3 is 2. The van der Waals surface area contributed by atoms with Crippen LogP contribution in [0.3, 0.4) is 0 Å². The third kappa shape index (κ3) is 6.03. The van der Waals surface area contributed by atoms with Crippen LogP contribution in [-0.2, 0) is 0 Å². The van der Waals surface area contributed by atoms with Gasteiger partial charge in [0.05, 0.1) is 37.7 Å². The van der Waals surface area contributed by atoms with Crippen molar-refractivity contribution in [1.29, 1.82) is 0 Å². The lowest BCUT2D eigenvalue weighted by atomic mass is 9.85. The van der Waals surface area contributed by atoms with E-state index in [2.05, 4.69) is 72.4 Å². The summed E-state index contributed by atoms with van der Waals surface area (Å²) in [6.07, 6.45) is 8.47. The molecule has 1 saturated carbocycles. The minimum absolute atomic E-state index is 0.0281. The molecule has 40 heavy (non-hydrogen) atoms. The van der Waals surface area contributed by atoms with Crippen LogP contribution in [0.5, 0.6) is 11.5 Å². The first kappa shape index (κ1) is 27.8. The fraction of sp³-hybridized carbons (Fsp3) is 0.353. The molecule has 2 aromatic carbocycles. The summed E-state index contributed by atoms with van der Waals surface area (Å²) in [6.45, 7) is 0. The van der Waals surface area contributed by atoms with Crippen molar-refractivity contribution >= 4 is 0 Å². The van der Waals surface area contributed by atoms with Gasteiger partial charge in [0.15, 0.2) is 0 Å². The molecule has 0 spiro atoms. The summed E-state index contributed by atoms with van der Waals surface area (Å²) < 4.78 is 10.9. The zero-order valence-corrected chi connectivity index (χ0v) is 24.0. The monoisotopic (exact) mass is 536 g/mol. The highest BCUT2D eigenvalue weighted by Crippen LogP contribution is 2.38. The third-order valence-electron chi connectivity index (χ3n) is 8.35. The Labute approximate surface area is 238 Å². The Morgan fingerprint density at radius 2 is 1.00 bits per heavy atom. The molecule has 0 N–H and O–H groups in total. The van der Waals surface area contributed by atoms with Crippen molar-refractivity contribution in [1.82, 2.24) is 19.8 Å². The van der Waals surface area contributed by atoms with E-state index in [0.29, 0.717) is 12.1 Å². The first-order valence-corrected chi connectivity index (χ1v) is 14.1. The molecule has 0 amide bonds. The predicted octanol–water partition coefficient (Wildman–Crippen LogP) is 6.55. The van der Waals surface area contributed by atoms with Crippen LogP contribution in [0, 0.1) is 0 Å².